The number of benzene rings is 4. The van der Waals surface area contributed by atoms with Crippen LogP contribution in [0.1, 0.15) is 26.4 Å². The second kappa shape index (κ2) is 12.3. The van der Waals surface area contributed by atoms with E-state index in [2.05, 4.69) is 63.3 Å². The number of aromatic amines is 1. The maximum absolute atomic E-state index is 13.4. The Hall–Kier alpha value is -2.95. The van der Waals surface area contributed by atoms with Crippen LogP contribution in [-0.4, -0.2) is 23.1 Å². The van der Waals surface area contributed by atoms with Crippen LogP contribution in [0.5, 0.6) is 5.75 Å². The summed E-state index contributed by atoms with van der Waals surface area (Å²) in [5.41, 5.74) is 5.67. The monoisotopic (exact) mass is 761 g/mol. The van der Waals surface area contributed by atoms with E-state index in [4.69, 9.17) is 27.9 Å². The zero-order chi connectivity index (χ0) is 28.4. The molecule has 6 nitrogen and oxygen atoms in total. The second-order valence-corrected chi connectivity index (χ2v) is 12.0. The van der Waals surface area contributed by atoms with Gasteiger partial charge in [-0.05, 0) is 70.0 Å². The lowest BCUT2D eigenvalue weighted by Crippen LogP contribution is -2.19. The Bertz CT molecular complexity index is 1790. The molecule has 1 heterocycles. The van der Waals surface area contributed by atoms with Crippen molar-refractivity contribution in [2.45, 2.75) is 0 Å². The first-order valence-corrected chi connectivity index (χ1v) is 14.7. The van der Waals surface area contributed by atoms with Crippen LogP contribution in [0.25, 0.3) is 22.0 Å². The molecule has 0 radical (unpaired) electrons. The molecule has 0 aliphatic rings. The molecule has 0 atom stereocenters. The first kappa shape index (κ1) is 28.6. The van der Waals surface area contributed by atoms with Gasteiger partial charge in [0.2, 0.25) is 0 Å². The molecule has 0 saturated heterocycles. The molecule has 1 aromatic heterocycles. The van der Waals surface area contributed by atoms with Gasteiger partial charge in [0.05, 0.1) is 26.8 Å². The molecular weight excluding hydrogens is 749 g/mol. The van der Waals surface area contributed by atoms with Gasteiger partial charge < -0.3 is 9.72 Å². The number of hydrazone groups is 1. The predicted octanol–water partition coefficient (Wildman–Crippen LogP) is 9.41. The highest BCUT2D eigenvalue weighted by Crippen LogP contribution is 2.38. The van der Waals surface area contributed by atoms with Crippen molar-refractivity contribution in [3.63, 3.8) is 0 Å². The summed E-state index contributed by atoms with van der Waals surface area (Å²) < 4.78 is 7.76. The summed E-state index contributed by atoms with van der Waals surface area (Å²) >= 11 is 22.9. The molecule has 0 aliphatic heterocycles. The molecule has 5 rings (SSSR count). The summed E-state index contributed by atoms with van der Waals surface area (Å²) in [7, 11) is 0. The highest BCUT2D eigenvalue weighted by molar-refractivity contribution is 9.11. The van der Waals surface area contributed by atoms with Gasteiger partial charge in [-0.1, -0.05) is 85.4 Å². The smallest absolute Gasteiger partial charge is 0.343 e. The first-order valence-electron chi connectivity index (χ1n) is 11.6. The number of carbonyl (C=O) groups is 2. The Labute approximate surface area is 264 Å². The van der Waals surface area contributed by atoms with Crippen molar-refractivity contribution in [1.29, 1.82) is 0 Å². The van der Waals surface area contributed by atoms with Crippen molar-refractivity contribution in [2.75, 3.05) is 0 Å². The van der Waals surface area contributed by atoms with E-state index in [9.17, 15) is 9.59 Å². The van der Waals surface area contributed by atoms with E-state index in [1.54, 1.807) is 48.5 Å². The highest BCUT2D eigenvalue weighted by atomic mass is 79.9. The fraction of sp³-hybridized carbons (Fsp3) is 0. The number of aromatic nitrogens is 1. The Morgan fingerprint density at radius 2 is 1.62 bits per heavy atom. The summed E-state index contributed by atoms with van der Waals surface area (Å²) in [5.74, 6) is -0.803. The molecule has 0 saturated carbocycles. The van der Waals surface area contributed by atoms with E-state index in [0.717, 1.165) is 10.0 Å². The quantitative estimate of drug-likeness (QED) is 0.0783. The van der Waals surface area contributed by atoms with E-state index in [-0.39, 0.29) is 11.4 Å². The number of ether oxygens (including phenoxy) is 1. The van der Waals surface area contributed by atoms with Crippen LogP contribution in [-0.2, 0) is 0 Å². The molecule has 11 heteroatoms. The molecule has 40 heavy (non-hydrogen) atoms. The lowest BCUT2D eigenvalue weighted by molar-refractivity contribution is 0.0733. The van der Waals surface area contributed by atoms with E-state index < -0.39 is 11.9 Å². The summed E-state index contributed by atoms with van der Waals surface area (Å²) in [6.45, 7) is 0. The molecule has 4 aromatic carbocycles. The molecule has 2 N–H and O–H groups in total. The zero-order valence-corrected chi connectivity index (χ0v) is 26.4. The zero-order valence-electron chi connectivity index (χ0n) is 20.1. The summed E-state index contributed by atoms with van der Waals surface area (Å²) in [6.07, 6.45) is 1.40. The average molecular weight is 765 g/mol. The second-order valence-electron chi connectivity index (χ2n) is 8.45. The van der Waals surface area contributed by atoms with Gasteiger partial charge in [-0.3, -0.25) is 4.79 Å². The number of hydrogen-bond donors (Lipinski definition) is 2. The highest BCUT2D eigenvalue weighted by Gasteiger charge is 2.21. The Kier molecular flexibility index (Phi) is 8.77. The van der Waals surface area contributed by atoms with Crippen molar-refractivity contribution in [1.82, 2.24) is 10.4 Å². The van der Waals surface area contributed by atoms with E-state index >= 15 is 0 Å². The standard InChI is InChI=1S/C29H16Br3Cl2N3O3/c30-18-8-6-16(7-9-18)29(39)40-27-17(10-19(31)11-22(27)32)14-35-37-28(38)26-24(15-4-2-1-3-5-15)21-12-20(33)13-23(34)25(21)36-26/h1-14,36H,(H,37,38). The predicted molar refractivity (Wildman–Crippen MR) is 170 cm³/mol. The number of H-pyrrole nitrogens is 1. The van der Waals surface area contributed by atoms with Gasteiger partial charge >= 0.3 is 5.97 Å². The van der Waals surface area contributed by atoms with E-state index in [0.29, 0.717) is 46.6 Å². The molecule has 1 amide bonds. The van der Waals surface area contributed by atoms with E-state index in [1.165, 1.54) is 6.21 Å². The van der Waals surface area contributed by atoms with Crippen LogP contribution >= 0.6 is 71.0 Å². The Morgan fingerprint density at radius 1 is 0.900 bits per heavy atom. The minimum absolute atomic E-state index is 0.242. The molecule has 200 valence electrons. The molecule has 0 aliphatic carbocycles. The number of esters is 1. The number of carbonyl (C=O) groups excluding carboxylic acids is 2. The molecular formula is C29H16Br3Cl2N3O3. The number of rotatable bonds is 6. The number of halogens is 5. The normalized spacial score (nSPS) is 11.2. The van der Waals surface area contributed by atoms with Crippen LogP contribution in [0.2, 0.25) is 10.0 Å². The molecule has 0 spiro atoms. The lowest BCUT2D eigenvalue weighted by atomic mass is 10.0. The third-order valence-electron chi connectivity index (χ3n) is 5.80. The fourth-order valence-corrected chi connectivity index (χ4v) is 6.18. The maximum Gasteiger partial charge on any atom is 0.343 e. The number of amides is 1. The number of nitrogens with zero attached hydrogens (tertiary/aromatic N) is 1. The first-order chi connectivity index (χ1) is 19.2. The molecule has 5 aromatic rings. The third-order valence-corrected chi connectivity index (χ3v) is 7.89. The third kappa shape index (κ3) is 6.19. The topological polar surface area (TPSA) is 83.5 Å². The van der Waals surface area contributed by atoms with Crippen molar-refractivity contribution in [2.24, 2.45) is 5.10 Å². The Balaban J connectivity index is 1.46. The summed E-state index contributed by atoms with van der Waals surface area (Å²) in [4.78, 5) is 29.3. The van der Waals surface area contributed by atoms with Crippen LogP contribution in [0.15, 0.2) is 97.4 Å². The Morgan fingerprint density at radius 3 is 2.35 bits per heavy atom. The average Bonchev–Trinajstić information content (AvgIpc) is 3.31. The van der Waals surface area contributed by atoms with Gasteiger partial charge in [0, 0.05) is 30.5 Å². The van der Waals surface area contributed by atoms with Gasteiger partial charge in [0.1, 0.15) is 5.69 Å². The molecule has 0 bridgehead atoms. The number of hydrogen-bond acceptors (Lipinski definition) is 4. The maximum atomic E-state index is 13.4. The van der Waals surface area contributed by atoms with Crippen LogP contribution in [0.3, 0.4) is 0 Å². The van der Waals surface area contributed by atoms with Crippen molar-refractivity contribution >= 4 is 100.0 Å². The number of nitrogens with one attached hydrogen (secondary N) is 2. The molecule has 0 unspecified atom stereocenters. The van der Waals surface area contributed by atoms with Gasteiger partial charge in [0.25, 0.3) is 5.91 Å². The van der Waals surface area contributed by atoms with Crippen molar-refractivity contribution in [3.05, 3.63) is 119 Å². The van der Waals surface area contributed by atoms with Gasteiger partial charge in [-0.25, -0.2) is 10.2 Å². The molecule has 0 fully saturated rings. The van der Waals surface area contributed by atoms with Gasteiger partial charge in [-0.2, -0.15) is 5.10 Å². The van der Waals surface area contributed by atoms with E-state index in [1.807, 2.05) is 30.3 Å². The number of fused-ring (bicyclic) bond motifs is 1. The van der Waals surface area contributed by atoms with Crippen LogP contribution in [0.4, 0.5) is 0 Å². The van der Waals surface area contributed by atoms with Crippen LogP contribution in [0, 0.1) is 0 Å². The minimum Gasteiger partial charge on any atom is -0.421 e. The summed E-state index contributed by atoms with van der Waals surface area (Å²) in [5, 5.41) is 5.69. The fourth-order valence-electron chi connectivity index (χ4n) is 4.03. The largest absolute Gasteiger partial charge is 0.421 e. The lowest BCUT2D eigenvalue weighted by Gasteiger charge is -2.11. The van der Waals surface area contributed by atoms with Crippen LogP contribution < -0.4 is 10.2 Å². The minimum atomic E-state index is -0.546. The van der Waals surface area contributed by atoms with Crippen molar-refractivity contribution in [3.8, 4) is 16.9 Å². The van der Waals surface area contributed by atoms with Gasteiger partial charge in [-0.15, -0.1) is 0 Å². The SMILES string of the molecule is O=C(Oc1c(Br)cc(Br)cc1C=NNC(=O)c1[nH]c2c(Cl)cc(Cl)cc2c1-c1ccccc1)c1ccc(Br)cc1. The van der Waals surface area contributed by atoms with Crippen molar-refractivity contribution < 1.29 is 14.3 Å². The summed E-state index contributed by atoms with van der Waals surface area (Å²) in [6, 6.07) is 23.0. The van der Waals surface area contributed by atoms with Gasteiger partial charge in [0.15, 0.2) is 5.75 Å².